The first-order valence-electron chi connectivity index (χ1n) is 20.8. The molecule has 4 aromatic heterocycles. The van der Waals surface area contributed by atoms with Gasteiger partial charge in [0.05, 0.1) is 39.6 Å². The van der Waals surface area contributed by atoms with E-state index in [4.69, 9.17) is 19.9 Å². The molecule has 6 nitrogen and oxygen atoms in total. The van der Waals surface area contributed by atoms with Gasteiger partial charge in [-0.1, -0.05) is 152 Å². The summed E-state index contributed by atoms with van der Waals surface area (Å²) >= 11 is 0. The lowest BCUT2D eigenvalue weighted by Gasteiger charge is -2.19. The molecule has 0 bridgehead atoms. The number of nitrogens with zero attached hydrogens (tertiary/aromatic N) is 6. The maximum atomic E-state index is 5.17. The van der Waals surface area contributed by atoms with Gasteiger partial charge in [0.1, 0.15) is 0 Å². The Balaban J connectivity index is 1.16. The van der Waals surface area contributed by atoms with Crippen molar-refractivity contribution in [3.63, 3.8) is 0 Å². The summed E-state index contributed by atoms with van der Waals surface area (Å²) < 4.78 is 4.76. The highest BCUT2D eigenvalue weighted by molar-refractivity contribution is 6.12. The average molecular weight is 793 g/mol. The Morgan fingerprint density at radius 1 is 0.290 bits per heavy atom. The van der Waals surface area contributed by atoms with Crippen molar-refractivity contribution in [1.29, 1.82) is 0 Å². The second kappa shape index (κ2) is 14.7. The molecule has 0 amide bonds. The SMILES string of the molecule is c1ccc(-c2ccc3c(c2)c2ccccc2n3-c2ccc(-c3nc(-c4ccccc4)nc(-c4ccccc4)n3)cc2-c2ccncc2-n2c3ccccc3c3ccccc32)cc1. The van der Waals surface area contributed by atoms with Gasteiger partial charge in [0.25, 0.3) is 0 Å². The molecule has 0 spiro atoms. The highest BCUT2D eigenvalue weighted by atomic mass is 15.0. The van der Waals surface area contributed by atoms with Gasteiger partial charge in [-0.2, -0.15) is 0 Å². The van der Waals surface area contributed by atoms with Gasteiger partial charge in [0, 0.05) is 55.6 Å². The normalized spacial score (nSPS) is 11.5. The largest absolute Gasteiger partial charge is 0.309 e. The molecule has 0 atom stereocenters. The Morgan fingerprint density at radius 2 is 0.742 bits per heavy atom. The highest BCUT2D eigenvalue weighted by Gasteiger charge is 2.22. The van der Waals surface area contributed by atoms with E-state index in [0.717, 1.165) is 61.3 Å². The molecule has 62 heavy (non-hydrogen) atoms. The van der Waals surface area contributed by atoms with Crippen LogP contribution in [-0.2, 0) is 0 Å². The van der Waals surface area contributed by atoms with Crippen LogP contribution in [0.2, 0.25) is 0 Å². The third-order valence-corrected chi connectivity index (χ3v) is 11.9. The van der Waals surface area contributed by atoms with Gasteiger partial charge in [-0.3, -0.25) is 4.98 Å². The summed E-state index contributed by atoms with van der Waals surface area (Å²) in [4.78, 5) is 20.1. The second-order valence-corrected chi connectivity index (χ2v) is 15.5. The minimum absolute atomic E-state index is 0.590. The Morgan fingerprint density at radius 3 is 1.32 bits per heavy atom. The van der Waals surface area contributed by atoms with E-state index in [0.29, 0.717) is 17.5 Å². The molecule has 0 fully saturated rings. The number of hydrogen-bond acceptors (Lipinski definition) is 4. The highest BCUT2D eigenvalue weighted by Crippen LogP contribution is 2.42. The molecule has 8 aromatic carbocycles. The van der Waals surface area contributed by atoms with Crippen LogP contribution < -0.4 is 0 Å². The third-order valence-electron chi connectivity index (χ3n) is 11.9. The lowest BCUT2D eigenvalue weighted by atomic mass is 9.99. The topological polar surface area (TPSA) is 61.4 Å². The van der Waals surface area contributed by atoms with Crippen LogP contribution in [0.3, 0.4) is 0 Å². The van der Waals surface area contributed by atoms with Crippen molar-refractivity contribution < 1.29 is 0 Å². The molecule has 12 aromatic rings. The van der Waals surface area contributed by atoms with Crippen molar-refractivity contribution in [1.82, 2.24) is 29.1 Å². The molecular formula is C56H36N6. The first-order chi connectivity index (χ1) is 30.8. The molecule has 0 radical (unpaired) electrons. The zero-order valence-electron chi connectivity index (χ0n) is 33.5. The van der Waals surface area contributed by atoms with Crippen LogP contribution in [0.25, 0.3) is 111 Å². The van der Waals surface area contributed by atoms with E-state index in [1.807, 2.05) is 73.1 Å². The van der Waals surface area contributed by atoms with Crippen LogP contribution >= 0.6 is 0 Å². The average Bonchev–Trinajstić information content (AvgIpc) is 3.87. The minimum Gasteiger partial charge on any atom is -0.309 e. The molecule has 0 aliphatic carbocycles. The van der Waals surface area contributed by atoms with Crippen LogP contribution in [0.4, 0.5) is 0 Å². The Bertz CT molecular complexity index is 3520. The minimum atomic E-state index is 0.590. The molecule has 290 valence electrons. The van der Waals surface area contributed by atoms with Crippen LogP contribution in [-0.4, -0.2) is 29.1 Å². The Kier molecular flexibility index (Phi) is 8.38. The Labute approximate surface area is 357 Å². The molecule has 0 unspecified atom stereocenters. The zero-order chi connectivity index (χ0) is 41.0. The number of aromatic nitrogens is 6. The summed E-state index contributed by atoms with van der Waals surface area (Å²) in [6.07, 6.45) is 3.89. The third kappa shape index (κ3) is 5.88. The molecule has 0 N–H and O–H groups in total. The smallest absolute Gasteiger partial charge is 0.164 e. The van der Waals surface area contributed by atoms with Gasteiger partial charge in [-0.25, -0.2) is 15.0 Å². The Hall–Kier alpha value is -8.48. The maximum absolute atomic E-state index is 5.17. The molecule has 12 rings (SSSR count). The number of pyridine rings is 1. The second-order valence-electron chi connectivity index (χ2n) is 15.5. The van der Waals surface area contributed by atoms with E-state index >= 15 is 0 Å². The summed E-state index contributed by atoms with van der Waals surface area (Å²) in [5.74, 6) is 1.82. The van der Waals surface area contributed by atoms with Gasteiger partial charge in [0.15, 0.2) is 17.5 Å². The molecule has 0 aliphatic heterocycles. The number of benzene rings is 8. The lowest BCUT2D eigenvalue weighted by Crippen LogP contribution is -2.04. The number of hydrogen-bond donors (Lipinski definition) is 0. The van der Waals surface area contributed by atoms with Crippen molar-refractivity contribution >= 4 is 43.6 Å². The maximum Gasteiger partial charge on any atom is 0.164 e. The van der Waals surface area contributed by atoms with E-state index in [1.54, 1.807) is 0 Å². The summed E-state index contributed by atoms with van der Waals surface area (Å²) in [5, 5.41) is 4.75. The summed E-state index contributed by atoms with van der Waals surface area (Å²) in [6.45, 7) is 0. The quantitative estimate of drug-likeness (QED) is 0.161. The standard InChI is InChI=1S/C56H36N6/c1-4-16-37(17-5-1)40-28-30-51-46(34-40)44-24-12-15-27-50(44)61(51)52-31-29-41(56-59-54(38-18-6-2-7-19-38)58-55(60-56)39-20-8-3-9-21-39)35-47(52)45-32-33-57-36-53(45)62-48-25-13-10-22-42(48)43-23-11-14-26-49(43)62/h1-36H. The van der Waals surface area contributed by atoms with Crippen LogP contribution in [0.15, 0.2) is 219 Å². The first kappa shape index (κ1) is 35.5. The van der Waals surface area contributed by atoms with Crippen LogP contribution in [0, 0.1) is 0 Å². The van der Waals surface area contributed by atoms with Gasteiger partial charge < -0.3 is 9.13 Å². The summed E-state index contributed by atoms with van der Waals surface area (Å²) in [5.41, 5.74) is 13.6. The van der Waals surface area contributed by atoms with Crippen LogP contribution in [0.1, 0.15) is 0 Å². The molecule has 4 heterocycles. The first-order valence-corrected chi connectivity index (χ1v) is 20.8. The number of para-hydroxylation sites is 3. The lowest BCUT2D eigenvalue weighted by molar-refractivity contribution is 1.07. The van der Waals surface area contributed by atoms with Gasteiger partial charge in [-0.15, -0.1) is 0 Å². The van der Waals surface area contributed by atoms with E-state index in [-0.39, 0.29) is 0 Å². The number of rotatable bonds is 7. The van der Waals surface area contributed by atoms with Crippen molar-refractivity contribution in [2.75, 3.05) is 0 Å². The molecular weight excluding hydrogens is 757 g/mol. The fourth-order valence-corrected chi connectivity index (χ4v) is 9.04. The van der Waals surface area contributed by atoms with Crippen LogP contribution in [0.5, 0.6) is 0 Å². The molecule has 0 aliphatic rings. The van der Waals surface area contributed by atoms with Gasteiger partial charge >= 0.3 is 0 Å². The van der Waals surface area contributed by atoms with Crippen molar-refractivity contribution in [3.05, 3.63) is 219 Å². The van der Waals surface area contributed by atoms with Gasteiger partial charge in [0.2, 0.25) is 0 Å². The van der Waals surface area contributed by atoms with Gasteiger partial charge in [-0.05, 0) is 65.7 Å². The van der Waals surface area contributed by atoms with E-state index < -0.39 is 0 Å². The van der Waals surface area contributed by atoms with E-state index in [2.05, 4.69) is 155 Å². The number of fused-ring (bicyclic) bond motifs is 6. The predicted octanol–water partition coefficient (Wildman–Crippen LogP) is 13.8. The van der Waals surface area contributed by atoms with Crippen molar-refractivity contribution in [2.45, 2.75) is 0 Å². The summed E-state index contributed by atoms with van der Waals surface area (Å²) in [6, 6.07) is 72.4. The molecule has 0 saturated heterocycles. The predicted molar refractivity (Wildman–Crippen MR) is 253 cm³/mol. The van der Waals surface area contributed by atoms with Crippen molar-refractivity contribution in [3.8, 4) is 67.8 Å². The molecule has 0 saturated carbocycles. The van der Waals surface area contributed by atoms with E-state index in [9.17, 15) is 0 Å². The van der Waals surface area contributed by atoms with Crippen molar-refractivity contribution in [2.24, 2.45) is 0 Å². The summed E-state index contributed by atoms with van der Waals surface area (Å²) in [7, 11) is 0. The fourth-order valence-electron chi connectivity index (χ4n) is 9.04. The monoisotopic (exact) mass is 792 g/mol. The van der Waals surface area contributed by atoms with E-state index in [1.165, 1.54) is 32.7 Å². The fraction of sp³-hybridized carbons (Fsp3) is 0. The zero-order valence-corrected chi connectivity index (χ0v) is 33.5. The molecule has 6 heteroatoms.